The second-order valence-electron chi connectivity index (χ2n) is 11.5. The number of imidazole rings is 1. The van der Waals surface area contributed by atoms with Gasteiger partial charge < -0.3 is 14.7 Å². The Kier molecular flexibility index (Phi) is 7.45. The topological polar surface area (TPSA) is 63.8 Å². The van der Waals surface area contributed by atoms with E-state index in [1.165, 1.54) is 5.56 Å². The van der Waals surface area contributed by atoms with Crippen molar-refractivity contribution < 1.29 is 26.2 Å². The first kappa shape index (κ1) is 28.5. The van der Waals surface area contributed by atoms with E-state index in [9.17, 15) is 5.11 Å². The molecule has 0 aliphatic rings. The largest absolute Gasteiger partial charge is 0.507 e. The van der Waals surface area contributed by atoms with Crippen LogP contribution in [-0.4, -0.2) is 24.6 Å². The molecule has 0 saturated heterocycles. The summed E-state index contributed by atoms with van der Waals surface area (Å²) in [4.78, 5) is 14.5. The molecule has 3 aromatic heterocycles. The van der Waals surface area contributed by atoms with Crippen molar-refractivity contribution in [2.24, 2.45) is 0 Å². The fourth-order valence-electron chi connectivity index (χ4n) is 5.54. The molecule has 7 aromatic rings. The van der Waals surface area contributed by atoms with Crippen LogP contribution < -0.4 is 0 Å². The quantitative estimate of drug-likeness (QED) is 0.184. The first-order chi connectivity index (χ1) is 20.4. The number of nitrogens with zero attached hydrogens (tertiary/aromatic N) is 4. The van der Waals surface area contributed by atoms with Crippen LogP contribution in [0.2, 0.25) is 0 Å². The van der Waals surface area contributed by atoms with Gasteiger partial charge in [0.05, 0.1) is 16.9 Å². The van der Waals surface area contributed by atoms with E-state index in [0.717, 1.165) is 61.3 Å². The van der Waals surface area contributed by atoms with Gasteiger partial charge in [0.2, 0.25) is 0 Å². The number of aromatic nitrogens is 4. The fraction of sp³-hybridized carbons (Fsp3) is 0.108. The zero-order chi connectivity index (χ0) is 28.8. The fourth-order valence-corrected chi connectivity index (χ4v) is 5.54. The standard InChI is InChI=1S/C37H29N4O.Pt/c1-37(2,3)27-16-18-28(19-17-27)41-32-14-7-13-31(30-11-4-5-15-33(30)42)35(32)40-36(41)26-21-25(22-38-23-26)29-12-6-9-24-10-8-20-39-34(24)29;/h4-20,22-23,42H,1-3H3;/q-1;. The monoisotopic (exact) mass is 740 g/mol. The van der Waals surface area contributed by atoms with E-state index in [1.807, 2.05) is 61.1 Å². The molecule has 5 nitrogen and oxygen atoms in total. The van der Waals surface area contributed by atoms with E-state index in [2.05, 4.69) is 89.9 Å². The molecule has 0 bridgehead atoms. The summed E-state index contributed by atoms with van der Waals surface area (Å²) in [6, 6.07) is 35.9. The van der Waals surface area contributed by atoms with Gasteiger partial charge in [0.15, 0.2) is 0 Å². The van der Waals surface area contributed by atoms with Crippen molar-refractivity contribution in [3.8, 4) is 45.1 Å². The predicted molar refractivity (Wildman–Crippen MR) is 170 cm³/mol. The van der Waals surface area contributed by atoms with Crippen LogP contribution in [0.15, 0.2) is 116 Å². The van der Waals surface area contributed by atoms with E-state index < -0.39 is 0 Å². The van der Waals surface area contributed by atoms with Crippen molar-refractivity contribution in [1.29, 1.82) is 0 Å². The van der Waals surface area contributed by atoms with E-state index in [4.69, 9.17) is 4.98 Å². The van der Waals surface area contributed by atoms with Crippen LogP contribution >= 0.6 is 0 Å². The maximum absolute atomic E-state index is 10.7. The Labute approximate surface area is 265 Å². The van der Waals surface area contributed by atoms with Gasteiger partial charge in [0, 0.05) is 49.6 Å². The van der Waals surface area contributed by atoms with Gasteiger partial charge in [-0.15, -0.1) is 6.07 Å². The van der Waals surface area contributed by atoms with Crippen LogP contribution in [-0.2, 0) is 26.5 Å². The smallest absolute Gasteiger partial charge is 0.123 e. The summed E-state index contributed by atoms with van der Waals surface area (Å²) in [5.74, 6) is 0.938. The van der Waals surface area contributed by atoms with Crippen LogP contribution in [0.4, 0.5) is 0 Å². The minimum absolute atomic E-state index is 0. The van der Waals surface area contributed by atoms with Gasteiger partial charge in [-0.3, -0.25) is 9.97 Å². The average molecular weight is 741 g/mol. The Bertz CT molecular complexity index is 2090. The summed E-state index contributed by atoms with van der Waals surface area (Å²) in [5, 5.41) is 11.8. The number of hydrogen-bond donors (Lipinski definition) is 1. The Morgan fingerprint density at radius 1 is 0.698 bits per heavy atom. The zero-order valence-corrected chi connectivity index (χ0v) is 26.3. The Morgan fingerprint density at radius 3 is 2.19 bits per heavy atom. The van der Waals surface area contributed by atoms with Gasteiger partial charge >= 0.3 is 0 Å². The molecule has 0 spiro atoms. The Morgan fingerprint density at radius 2 is 1.40 bits per heavy atom. The molecule has 4 aromatic carbocycles. The minimum atomic E-state index is 0. The molecule has 0 atom stereocenters. The third-order valence-corrected chi connectivity index (χ3v) is 7.71. The Hall–Kier alpha value is -4.60. The van der Waals surface area contributed by atoms with E-state index >= 15 is 0 Å². The van der Waals surface area contributed by atoms with Crippen molar-refractivity contribution in [1.82, 2.24) is 19.5 Å². The van der Waals surface area contributed by atoms with Crippen LogP contribution in [0, 0.1) is 6.07 Å². The molecule has 1 N–H and O–H groups in total. The van der Waals surface area contributed by atoms with Crippen LogP contribution in [0.25, 0.3) is 61.3 Å². The van der Waals surface area contributed by atoms with E-state index in [-0.39, 0.29) is 32.2 Å². The Balaban J connectivity index is 0.00000329. The first-order valence-corrected chi connectivity index (χ1v) is 14.0. The van der Waals surface area contributed by atoms with Crippen LogP contribution in [0.5, 0.6) is 5.75 Å². The molecule has 0 amide bonds. The maximum atomic E-state index is 10.7. The van der Waals surface area contributed by atoms with Gasteiger partial charge in [-0.05, 0) is 59.1 Å². The van der Waals surface area contributed by atoms with Crippen LogP contribution in [0.3, 0.4) is 0 Å². The number of rotatable bonds is 4. The molecule has 0 fully saturated rings. The number of aromatic hydroxyl groups is 1. The summed E-state index contributed by atoms with van der Waals surface area (Å²) in [7, 11) is 0. The van der Waals surface area contributed by atoms with Gasteiger partial charge in [0.1, 0.15) is 5.75 Å². The normalized spacial score (nSPS) is 11.5. The molecule has 0 aliphatic heterocycles. The molecule has 0 unspecified atom stereocenters. The van der Waals surface area contributed by atoms with Crippen molar-refractivity contribution in [2.45, 2.75) is 26.2 Å². The SMILES string of the molecule is CC(C)(C)c1ccc(-n2c(-c3[c-]c(-c4cccc5cccnc45)cnc3)nc3c(-c4ccccc4O)cccc32)cc1.[Pt]. The third-order valence-electron chi connectivity index (χ3n) is 7.71. The summed E-state index contributed by atoms with van der Waals surface area (Å²) in [6.07, 6.45) is 5.44. The van der Waals surface area contributed by atoms with Gasteiger partial charge in [0.25, 0.3) is 0 Å². The molecule has 0 radical (unpaired) electrons. The second kappa shape index (κ2) is 11.2. The van der Waals surface area contributed by atoms with E-state index in [0.29, 0.717) is 0 Å². The number of fused-ring (bicyclic) bond motifs is 2. The minimum Gasteiger partial charge on any atom is -0.507 e. The molecule has 7 rings (SSSR count). The third kappa shape index (κ3) is 5.15. The van der Waals surface area contributed by atoms with E-state index in [1.54, 1.807) is 6.07 Å². The molecule has 43 heavy (non-hydrogen) atoms. The predicted octanol–water partition coefficient (Wildman–Crippen LogP) is 8.77. The van der Waals surface area contributed by atoms with Crippen LogP contribution in [0.1, 0.15) is 26.3 Å². The number of pyridine rings is 2. The zero-order valence-electron chi connectivity index (χ0n) is 24.0. The molecular formula is C37H29N4OPt-. The van der Waals surface area contributed by atoms with Gasteiger partial charge in [-0.25, -0.2) is 0 Å². The average Bonchev–Trinajstić information content (AvgIpc) is 3.41. The summed E-state index contributed by atoms with van der Waals surface area (Å²) in [5.41, 5.74) is 9.08. The van der Waals surface area contributed by atoms with Crippen molar-refractivity contribution in [2.75, 3.05) is 0 Å². The first-order valence-electron chi connectivity index (χ1n) is 14.0. The molecule has 0 saturated carbocycles. The molecule has 6 heteroatoms. The van der Waals surface area contributed by atoms with Crippen molar-refractivity contribution in [3.63, 3.8) is 0 Å². The molecule has 0 aliphatic carbocycles. The number of benzene rings is 4. The number of para-hydroxylation sites is 3. The summed E-state index contributed by atoms with van der Waals surface area (Å²) >= 11 is 0. The molecule has 3 heterocycles. The molecular weight excluding hydrogens is 712 g/mol. The van der Waals surface area contributed by atoms with Crippen molar-refractivity contribution >= 4 is 21.9 Å². The summed E-state index contributed by atoms with van der Waals surface area (Å²) < 4.78 is 2.16. The second-order valence-corrected chi connectivity index (χ2v) is 11.5. The van der Waals surface area contributed by atoms with Gasteiger partial charge in [-0.2, -0.15) is 0 Å². The van der Waals surface area contributed by atoms with Crippen molar-refractivity contribution in [3.05, 3.63) is 127 Å². The maximum Gasteiger partial charge on any atom is 0.123 e. The number of hydrogen-bond acceptors (Lipinski definition) is 4. The van der Waals surface area contributed by atoms with Gasteiger partial charge in [-0.1, -0.05) is 104 Å². The number of phenols is 1. The molecule has 214 valence electrons. The summed E-state index contributed by atoms with van der Waals surface area (Å²) in [6.45, 7) is 6.65. The number of phenolic OH excluding ortho intramolecular Hbond substituents is 1.